The Kier molecular flexibility index (Phi) is 9.66. The number of ether oxygens (including phenoxy) is 2. The van der Waals surface area contributed by atoms with E-state index in [0.29, 0.717) is 36.5 Å². The molecule has 1 aromatic heterocycles. The highest BCUT2D eigenvalue weighted by Gasteiger charge is 2.38. The average Bonchev–Trinajstić information content (AvgIpc) is 3.40. The van der Waals surface area contributed by atoms with Gasteiger partial charge in [0.1, 0.15) is 23.5 Å². The van der Waals surface area contributed by atoms with Gasteiger partial charge in [0.15, 0.2) is 0 Å². The maximum Gasteiger partial charge on any atom is 0.410 e. The third-order valence-corrected chi connectivity index (χ3v) is 7.56. The molecule has 0 saturated carbocycles. The lowest BCUT2D eigenvalue weighted by atomic mass is 9.97. The lowest BCUT2D eigenvalue weighted by Crippen LogP contribution is -2.58. The van der Waals surface area contributed by atoms with Crippen molar-refractivity contribution in [3.05, 3.63) is 102 Å². The highest BCUT2D eigenvalue weighted by molar-refractivity contribution is 6.03. The number of rotatable bonds is 8. The highest BCUT2D eigenvalue weighted by Crippen LogP contribution is 2.36. The molecular formula is C36H40N4O5. The lowest BCUT2D eigenvalue weighted by Gasteiger charge is -2.42. The van der Waals surface area contributed by atoms with Crippen molar-refractivity contribution in [1.29, 1.82) is 0 Å². The Morgan fingerprint density at radius 1 is 0.844 bits per heavy atom. The molecule has 9 heteroatoms. The molecule has 0 aliphatic carbocycles. The lowest BCUT2D eigenvalue weighted by molar-refractivity contribution is -0.144. The molecule has 9 nitrogen and oxygen atoms in total. The Bertz CT molecular complexity index is 1610. The second-order valence-corrected chi connectivity index (χ2v) is 12.0. The Hall–Kier alpha value is -4.92. The first-order chi connectivity index (χ1) is 21.6. The summed E-state index contributed by atoms with van der Waals surface area (Å²) in [7, 11) is 0. The highest BCUT2D eigenvalue weighted by atomic mass is 16.6. The molecule has 5 rings (SSSR count). The van der Waals surface area contributed by atoms with E-state index in [0.717, 1.165) is 16.7 Å². The van der Waals surface area contributed by atoms with Crippen molar-refractivity contribution in [3.8, 4) is 22.4 Å². The van der Waals surface area contributed by atoms with Gasteiger partial charge < -0.3 is 19.3 Å². The van der Waals surface area contributed by atoms with Gasteiger partial charge in [-0.1, -0.05) is 91.0 Å². The van der Waals surface area contributed by atoms with E-state index in [1.54, 1.807) is 11.8 Å². The van der Waals surface area contributed by atoms with Crippen molar-refractivity contribution in [2.45, 2.75) is 52.3 Å². The van der Waals surface area contributed by atoms with Crippen molar-refractivity contribution in [2.75, 3.05) is 26.2 Å². The summed E-state index contributed by atoms with van der Waals surface area (Å²) in [5, 5.41) is 4.87. The van der Waals surface area contributed by atoms with Gasteiger partial charge in [-0.05, 0) is 45.2 Å². The second-order valence-electron chi connectivity index (χ2n) is 12.0. The quantitative estimate of drug-likeness (QED) is 0.225. The number of hydrogen-bond donors (Lipinski definition) is 0. The first kappa shape index (κ1) is 31.5. The molecule has 0 bridgehead atoms. The van der Waals surface area contributed by atoms with Gasteiger partial charge in [-0.2, -0.15) is 5.10 Å². The maximum atomic E-state index is 14.9. The Morgan fingerprint density at radius 3 is 2.04 bits per heavy atom. The number of carbonyl (C=O) groups is 3. The predicted molar refractivity (Wildman–Crippen MR) is 173 cm³/mol. The first-order valence-electron chi connectivity index (χ1n) is 15.3. The fraction of sp³-hybridized carbons (Fsp3) is 0.333. The van der Waals surface area contributed by atoms with Crippen molar-refractivity contribution < 1.29 is 23.9 Å². The zero-order chi connectivity index (χ0) is 32.0. The Morgan fingerprint density at radius 2 is 1.44 bits per heavy atom. The van der Waals surface area contributed by atoms with Gasteiger partial charge in [0.05, 0.1) is 12.6 Å². The minimum atomic E-state index is -0.642. The van der Waals surface area contributed by atoms with E-state index >= 15 is 0 Å². The molecule has 3 aromatic carbocycles. The number of carbonyl (C=O) groups excluding carboxylic acids is 3. The van der Waals surface area contributed by atoms with Crippen molar-refractivity contribution in [2.24, 2.45) is 0 Å². The summed E-state index contributed by atoms with van der Waals surface area (Å²) in [4.78, 5) is 44.3. The number of aromatic nitrogens is 2. The van der Waals surface area contributed by atoms with Crippen LogP contribution in [0.25, 0.3) is 22.4 Å². The third-order valence-electron chi connectivity index (χ3n) is 7.56. The van der Waals surface area contributed by atoms with Gasteiger partial charge in [0.25, 0.3) is 5.91 Å². The zero-order valence-corrected chi connectivity index (χ0v) is 26.3. The molecule has 45 heavy (non-hydrogen) atoms. The van der Waals surface area contributed by atoms with Gasteiger partial charge in [-0.15, -0.1) is 0 Å². The molecule has 2 heterocycles. The van der Waals surface area contributed by atoms with Crippen molar-refractivity contribution in [1.82, 2.24) is 19.6 Å². The van der Waals surface area contributed by atoms with Crippen molar-refractivity contribution >= 4 is 18.0 Å². The van der Waals surface area contributed by atoms with E-state index in [1.165, 1.54) is 4.68 Å². The van der Waals surface area contributed by atoms with Crippen LogP contribution in [-0.2, 0) is 27.2 Å². The summed E-state index contributed by atoms with van der Waals surface area (Å²) in [6, 6.07) is 28.8. The number of hydrogen-bond acceptors (Lipinski definition) is 6. The van der Waals surface area contributed by atoms with E-state index < -0.39 is 17.7 Å². The Balaban J connectivity index is 1.61. The average molecular weight is 609 g/mol. The molecule has 234 valence electrons. The van der Waals surface area contributed by atoms with Crippen LogP contribution in [0.5, 0.6) is 0 Å². The van der Waals surface area contributed by atoms with Crippen molar-refractivity contribution in [3.63, 3.8) is 0 Å². The fourth-order valence-electron chi connectivity index (χ4n) is 5.61. The van der Waals surface area contributed by atoms with E-state index in [4.69, 9.17) is 14.6 Å². The van der Waals surface area contributed by atoms with Gasteiger partial charge in [-0.25, -0.2) is 9.48 Å². The number of piperazine rings is 1. The van der Waals surface area contributed by atoms with E-state index in [9.17, 15) is 14.4 Å². The summed E-state index contributed by atoms with van der Waals surface area (Å²) in [6.45, 7) is 8.16. The molecule has 0 radical (unpaired) electrons. The van der Waals surface area contributed by atoms with Gasteiger partial charge in [-0.3, -0.25) is 9.59 Å². The zero-order valence-electron chi connectivity index (χ0n) is 26.3. The van der Waals surface area contributed by atoms with Crippen LogP contribution in [0.3, 0.4) is 0 Å². The number of amides is 2. The van der Waals surface area contributed by atoms with E-state index in [-0.39, 0.29) is 31.6 Å². The molecule has 0 spiro atoms. The van der Waals surface area contributed by atoms with Crippen LogP contribution in [0, 0.1) is 0 Å². The molecule has 1 aliphatic rings. The molecule has 1 aliphatic heterocycles. The molecule has 2 amide bonds. The number of esters is 1. The van der Waals surface area contributed by atoms with Gasteiger partial charge in [0, 0.05) is 30.8 Å². The smallest absolute Gasteiger partial charge is 0.410 e. The molecular weight excluding hydrogens is 568 g/mol. The molecule has 1 atom stereocenters. The van der Waals surface area contributed by atoms with Crippen LogP contribution in [-0.4, -0.2) is 75.4 Å². The van der Waals surface area contributed by atoms with Crippen LogP contribution in [0.1, 0.15) is 43.7 Å². The van der Waals surface area contributed by atoms with Crippen LogP contribution >= 0.6 is 0 Å². The summed E-state index contributed by atoms with van der Waals surface area (Å²) >= 11 is 0. The van der Waals surface area contributed by atoms with Crippen LogP contribution in [0.15, 0.2) is 91.0 Å². The van der Waals surface area contributed by atoms with E-state index in [1.807, 2.05) is 117 Å². The number of benzene rings is 3. The molecule has 1 fully saturated rings. The minimum absolute atomic E-state index is 0.215. The molecule has 0 N–H and O–H groups in total. The second kappa shape index (κ2) is 13.8. The van der Waals surface area contributed by atoms with Gasteiger partial charge >= 0.3 is 12.1 Å². The van der Waals surface area contributed by atoms with Crippen LogP contribution in [0.2, 0.25) is 0 Å². The minimum Gasteiger partial charge on any atom is -0.465 e. The maximum absolute atomic E-state index is 14.9. The summed E-state index contributed by atoms with van der Waals surface area (Å²) in [5.74, 6) is -0.749. The number of nitrogens with zero attached hydrogens (tertiary/aromatic N) is 4. The molecule has 4 aromatic rings. The summed E-state index contributed by atoms with van der Waals surface area (Å²) < 4.78 is 12.5. The van der Waals surface area contributed by atoms with Crippen LogP contribution < -0.4 is 0 Å². The van der Waals surface area contributed by atoms with Gasteiger partial charge in [0.2, 0.25) is 0 Å². The Labute approximate surface area is 264 Å². The third kappa shape index (κ3) is 7.60. The SMILES string of the molecule is CCOC(=O)Cn1nc(-c2ccccc2)c(-c2ccccc2)c1C(=O)N1CCN(C(=O)OC(C)(C)C)C[C@H]1Cc1ccccc1. The summed E-state index contributed by atoms with van der Waals surface area (Å²) in [6.07, 6.45) is 0.126. The normalized spacial score (nSPS) is 15.1. The van der Waals surface area contributed by atoms with Crippen LogP contribution in [0.4, 0.5) is 4.79 Å². The van der Waals surface area contributed by atoms with E-state index in [2.05, 4.69) is 0 Å². The topological polar surface area (TPSA) is 94.0 Å². The molecule has 1 saturated heterocycles. The first-order valence-corrected chi connectivity index (χ1v) is 15.3. The molecule has 0 unspecified atom stereocenters. The predicted octanol–water partition coefficient (Wildman–Crippen LogP) is 6.08. The fourth-order valence-corrected chi connectivity index (χ4v) is 5.61. The summed E-state index contributed by atoms with van der Waals surface area (Å²) in [5.41, 5.74) is 3.57. The largest absolute Gasteiger partial charge is 0.465 e. The standard InChI is InChI=1S/C36H40N4O5/c1-5-44-30(41)25-40-33(31(27-17-11-7-12-18-27)32(37-40)28-19-13-8-14-20-28)34(42)39-22-21-38(35(43)45-36(2,3)4)24-29(39)23-26-15-9-6-10-16-26/h6-20,29H,5,21-25H2,1-4H3/t29-/m1/s1. The monoisotopic (exact) mass is 608 g/mol.